The lowest BCUT2D eigenvalue weighted by Gasteiger charge is -2.09. The fourth-order valence-corrected chi connectivity index (χ4v) is 1.65. The molecule has 0 spiro atoms. The molecular formula is C10H11Cl2N. The Morgan fingerprint density at radius 3 is 2.31 bits per heavy atom. The van der Waals surface area contributed by atoms with E-state index >= 15 is 0 Å². The predicted molar refractivity (Wildman–Crippen MR) is 58.2 cm³/mol. The second-order valence-corrected chi connectivity index (χ2v) is 3.71. The van der Waals surface area contributed by atoms with E-state index in [1.54, 1.807) is 12.1 Å². The molecule has 0 aliphatic carbocycles. The van der Waals surface area contributed by atoms with Gasteiger partial charge in [-0.25, -0.2) is 0 Å². The molecule has 0 bridgehead atoms. The molecule has 70 valence electrons. The van der Waals surface area contributed by atoms with Crippen molar-refractivity contribution in [3.8, 4) is 0 Å². The highest BCUT2D eigenvalue weighted by Gasteiger charge is 2.05. The van der Waals surface area contributed by atoms with E-state index in [9.17, 15) is 0 Å². The van der Waals surface area contributed by atoms with Crippen LogP contribution in [-0.4, -0.2) is 0 Å². The van der Waals surface area contributed by atoms with Crippen molar-refractivity contribution in [2.24, 2.45) is 5.73 Å². The topological polar surface area (TPSA) is 26.0 Å². The molecule has 1 nitrogen and oxygen atoms in total. The second-order valence-electron chi connectivity index (χ2n) is 2.83. The maximum atomic E-state index is 5.85. The van der Waals surface area contributed by atoms with Crippen molar-refractivity contribution in [3.05, 3.63) is 46.5 Å². The summed E-state index contributed by atoms with van der Waals surface area (Å²) in [6, 6.07) is 5.25. The van der Waals surface area contributed by atoms with Gasteiger partial charge in [0, 0.05) is 16.1 Å². The van der Waals surface area contributed by atoms with Crippen molar-refractivity contribution in [2.45, 2.75) is 12.5 Å². The maximum Gasteiger partial charge on any atom is 0.0424 e. The van der Waals surface area contributed by atoms with Crippen LogP contribution in [0.1, 0.15) is 18.0 Å². The van der Waals surface area contributed by atoms with Gasteiger partial charge in [0.1, 0.15) is 0 Å². The van der Waals surface area contributed by atoms with Gasteiger partial charge in [-0.05, 0) is 30.2 Å². The zero-order chi connectivity index (χ0) is 9.84. The molecule has 1 aromatic rings. The first kappa shape index (κ1) is 10.6. The van der Waals surface area contributed by atoms with Crippen molar-refractivity contribution in [3.63, 3.8) is 0 Å². The summed E-state index contributed by atoms with van der Waals surface area (Å²) < 4.78 is 0. The van der Waals surface area contributed by atoms with Crippen LogP contribution in [0.25, 0.3) is 0 Å². The summed E-state index contributed by atoms with van der Waals surface area (Å²) in [7, 11) is 0. The quantitative estimate of drug-likeness (QED) is 0.768. The van der Waals surface area contributed by atoms with Gasteiger partial charge >= 0.3 is 0 Å². The molecule has 0 aliphatic heterocycles. The summed E-state index contributed by atoms with van der Waals surface area (Å²) in [6.45, 7) is 3.63. The molecule has 1 unspecified atom stereocenters. The SMILES string of the molecule is C=CCC(N)c1cc(Cl)cc(Cl)c1. The van der Waals surface area contributed by atoms with Crippen LogP contribution in [0.3, 0.4) is 0 Å². The molecule has 2 N–H and O–H groups in total. The van der Waals surface area contributed by atoms with Gasteiger partial charge in [0.25, 0.3) is 0 Å². The number of nitrogens with two attached hydrogens (primary N) is 1. The molecule has 1 aromatic carbocycles. The number of rotatable bonds is 3. The monoisotopic (exact) mass is 215 g/mol. The number of halogens is 2. The lowest BCUT2D eigenvalue weighted by atomic mass is 10.1. The molecule has 0 radical (unpaired) electrons. The summed E-state index contributed by atoms with van der Waals surface area (Å²) in [5.41, 5.74) is 6.80. The first-order chi connectivity index (χ1) is 6.13. The van der Waals surface area contributed by atoms with Gasteiger partial charge < -0.3 is 5.73 Å². The fourth-order valence-electron chi connectivity index (χ4n) is 1.10. The summed E-state index contributed by atoms with van der Waals surface area (Å²) in [5, 5.41) is 1.23. The zero-order valence-electron chi connectivity index (χ0n) is 7.13. The van der Waals surface area contributed by atoms with Crippen LogP contribution in [0.2, 0.25) is 10.0 Å². The van der Waals surface area contributed by atoms with E-state index in [2.05, 4.69) is 6.58 Å². The molecule has 0 heterocycles. The number of hydrogen-bond donors (Lipinski definition) is 1. The largest absolute Gasteiger partial charge is 0.324 e. The number of hydrogen-bond acceptors (Lipinski definition) is 1. The predicted octanol–water partition coefficient (Wildman–Crippen LogP) is 3.57. The van der Waals surface area contributed by atoms with Crippen LogP contribution in [-0.2, 0) is 0 Å². The molecule has 1 atom stereocenters. The van der Waals surface area contributed by atoms with Gasteiger partial charge in [0.15, 0.2) is 0 Å². The average molecular weight is 216 g/mol. The summed E-state index contributed by atoms with van der Waals surface area (Å²) >= 11 is 11.7. The third kappa shape index (κ3) is 3.03. The van der Waals surface area contributed by atoms with Gasteiger partial charge in [0.05, 0.1) is 0 Å². The van der Waals surface area contributed by atoms with Crippen molar-refractivity contribution in [1.29, 1.82) is 0 Å². The minimum Gasteiger partial charge on any atom is -0.324 e. The molecule has 0 fully saturated rings. The fraction of sp³-hybridized carbons (Fsp3) is 0.200. The van der Waals surface area contributed by atoms with E-state index in [0.29, 0.717) is 10.0 Å². The van der Waals surface area contributed by atoms with Crippen LogP contribution in [0, 0.1) is 0 Å². The normalized spacial score (nSPS) is 12.5. The molecule has 0 saturated carbocycles. The Labute approximate surface area is 88.1 Å². The van der Waals surface area contributed by atoms with Crippen LogP contribution in [0.4, 0.5) is 0 Å². The van der Waals surface area contributed by atoms with Gasteiger partial charge in [-0.1, -0.05) is 29.3 Å². The molecule has 1 rings (SSSR count). The minimum absolute atomic E-state index is 0.0753. The summed E-state index contributed by atoms with van der Waals surface area (Å²) in [5.74, 6) is 0. The molecule has 0 amide bonds. The molecule has 0 aromatic heterocycles. The maximum absolute atomic E-state index is 5.85. The van der Waals surface area contributed by atoms with E-state index in [1.807, 2.05) is 12.1 Å². The molecular weight excluding hydrogens is 205 g/mol. The van der Waals surface area contributed by atoms with Gasteiger partial charge in [-0.15, -0.1) is 6.58 Å². The standard InChI is InChI=1S/C10H11Cl2N/c1-2-3-10(13)7-4-8(11)6-9(12)5-7/h2,4-6,10H,1,3,13H2. The lowest BCUT2D eigenvalue weighted by Crippen LogP contribution is -2.08. The third-order valence-electron chi connectivity index (χ3n) is 1.73. The Bertz CT molecular complexity index is 290. The Balaban J connectivity index is 2.93. The lowest BCUT2D eigenvalue weighted by molar-refractivity contribution is 0.742. The molecule has 0 saturated heterocycles. The Hall–Kier alpha value is -0.500. The van der Waals surface area contributed by atoms with Crippen molar-refractivity contribution >= 4 is 23.2 Å². The first-order valence-electron chi connectivity index (χ1n) is 3.96. The van der Waals surface area contributed by atoms with E-state index in [-0.39, 0.29) is 6.04 Å². The van der Waals surface area contributed by atoms with Crippen LogP contribution in [0.5, 0.6) is 0 Å². The Kier molecular flexibility index (Phi) is 3.79. The first-order valence-corrected chi connectivity index (χ1v) is 4.71. The molecule has 13 heavy (non-hydrogen) atoms. The Morgan fingerprint density at radius 2 is 1.85 bits per heavy atom. The number of benzene rings is 1. The highest BCUT2D eigenvalue weighted by molar-refractivity contribution is 6.34. The van der Waals surface area contributed by atoms with E-state index in [4.69, 9.17) is 28.9 Å². The highest BCUT2D eigenvalue weighted by Crippen LogP contribution is 2.23. The third-order valence-corrected chi connectivity index (χ3v) is 2.17. The van der Waals surface area contributed by atoms with Gasteiger partial charge in [0.2, 0.25) is 0 Å². The smallest absolute Gasteiger partial charge is 0.0424 e. The average Bonchev–Trinajstić information content (AvgIpc) is 2.03. The van der Waals surface area contributed by atoms with Crippen molar-refractivity contribution in [2.75, 3.05) is 0 Å². The van der Waals surface area contributed by atoms with Gasteiger partial charge in [-0.2, -0.15) is 0 Å². The Morgan fingerprint density at radius 1 is 1.31 bits per heavy atom. The summed E-state index contributed by atoms with van der Waals surface area (Å²) in [4.78, 5) is 0. The van der Waals surface area contributed by atoms with E-state index < -0.39 is 0 Å². The highest BCUT2D eigenvalue weighted by atomic mass is 35.5. The second kappa shape index (κ2) is 4.66. The van der Waals surface area contributed by atoms with Crippen molar-refractivity contribution in [1.82, 2.24) is 0 Å². The van der Waals surface area contributed by atoms with Crippen LogP contribution in [0.15, 0.2) is 30.9 Å². The minimum atomic E-state index is -0.0753. The van der Waals surface area contributed by atoms with Crippen LogP contribution >= 0.6 is 23.2 Å². The van der Waals surface area contributed by atoms with E-state index in [0.717, 1.165) is 12.0 Å². The zero-order valence-corrected chi connectivity index (χ0v) is 8.65. The molecule has 3 heteroatoms. The summed E-state index contributed by atoms with van der Waals surface area (Å²) in [6.07, 6.45) is 2.50. The van der Waals surface area contributed by atoms with Crippen LogP contribution < -0.4 is 5.73 Å². The van der Waals surface area contributed by atoms with Gasteiger partial charge in [-0.3, -0.25) is 0 Å². The molecule has 0 aliphatic rings. The van der Waals surface area contributed by atoms with E-state index in [1.165, 1.54) is 0 Å². The van der Waals surface area contributed by atoms with Crippen molar-refractivity contribution < 1.29 is 0 Å².